The largest absolute Gasteiger partial charge is 0.339 e. The van der Waals surface area contributed by atoms with Crippen LogP contribution in [0.25, 0.3) is 0 Å². The number of amides is 1. The smallest absolute Gasteiger partial charge is 0.238 e. The quantitative estimate of drug-likeness (QED) is 0.607. The van der Waals surface area contributed by atoms with E-state index >= 15 is 0 Å². The second-order valence-corrected chi connectivity index (χ2v) is 7.89. The Balaban J connectivity index is 1.70. The lowest BCUT2D eigenvalue weighted by molar-refractivity contribution is -0.131. The van der Waals surface area contributed by atoms with Gasteiger partial charge in [-0.2, -0.15) is 0 Å². The minimum Gasteiger partial charge on any atom is -0.339 e. The van der Waals surface area contributed by atoms with Crippen molar-refractivity contribution in [3.63, 3.8) is 0 Å². The van der Waals surface area contributed by atoms with Crippen molar-refractivity contribution in [2.75, 3.05) is 19.6 Å². The summed E-state index contributed by atoms with van der Waals surface area (Å²) in [6.45, 7) is 4.63. The number of rotatable bonds is 10. The second-order valence-electron chi connectivity index (χ2n) is 6.33. The van der Waals surface area contributed by atoms with Gasteiger partial charge in [0.1, 0.15) is 0 Å². The highest BCUT2D eigenvalue weighted by molar-refractivity contribution is 7.89. The van der Waals surface area contributed by atoms with Gasteiger partial charge in [-0.1, -0.05) is 42.5 Å². The predicted molar refractivity (Wildman–Crippen MR) is 107 cm³/mol. The number of sulfonamides is 1. The maximum atomic E-state index is 12.4. The van der Waals surface area contributed by atoms with E-state index in [4.69, 9.17) is 5.14 Å². The molecule has 146 valence electrons. The van der Waals surface area contributed by atoms with Gasteiger partial charge in [-0.15, -0.1) is 0 Å². The molecule has 2 rings (SSSR count). The molecule has 1 amide bonds. The van der Waals surface area contributed by atoms with E-state index in [1.807, 2.05) is 42.2 Å². The number of hydrogen-bond donors (Lipinski definition) is 2. The van der Waals surface area contributed by atoms with Crippen LogP contribution in [0.2, 0.25) is 0 Å². The highest BCUT2D eigenvalue weighted by atomic mass is 32.2. The lowest BCUT2D eigenvalue weighted by atomic mass is 10.1. The maximum absolute atomic E-state index is 12.4. The Kier molecular flexibility index (Phi) is 7.97. The van der Waals surface area contributed by atoms with Crippen molar-refractivity contribution in [2.45, 2.75) is 31.2 Å². The van der Waals surface area contributed by atoms with Gasteiger partial charge >= 0.3 is 0 Å². The molecule has 0 aliphatic carbocycles. The zero-order chi connectivity index (χ0) is 19.7. The van der Waals surface area contributed by atoms with Crippen LogP contribution in [0.1, 0.15) is 24.5 Å². The fourth-order valence-electron chi connectivity index (χ4n) is 2.74. The van der Waals surface area contributed by atoms with E-state index in [2.05, 4.69) is 5.32 Å². The van der Waals surface area contributed by atoms with Gasteiger partial charge in [-0.3, -0.25) is 4.79 Å². The van der Waals surface area contributed by atoms with Gasteiger partial charge in [0.15, 0.2) is 0 Å². The van der Waals surface area contributed by atoms with Crippen molar-refractivity contribution >= 4 is 15.9 Å². The number of primary sulfonamides is 1. The summed E-state index contributed by atoms with van der Waals surface area (Å²) >= 11 is 0. The summed E-state index contributed by atoms with van der Waals surface area (Å²) in [4.78, 5) is 14.3. The highest BCUT2D eigenvalue weighted by Crippen LogP contribution is 2.09. The van der Waals surface area contributed by atoms with E-state index in [0.717, 1.165) is 17.5 Å². The standard InChI is InChI=1S/C20H27N3O3S/c1-2-23(16-18-6-4-3-5-7-18)20(24)13-15-22-14-12-17-8-10-19(11-9-17)27(21,25)26/h3-11,22H,2,12-16H2,1H3,(H2,21,25,26). The number of hydrogen-bond acceptors (Lipinski definition) is 4. The lowest BCUT2D eigenvalue weighted by Gasteiger charge is -2.21. The van der Waals surface area contributed by atoms with Crippen molar-refractivity contribution in [1.82, 2.24) is 10.2 Å². The monoisotopic (exact) mass is 389 g/mol. The first-order valence-corrected chi connectivity index (χ1v) is 10.6. The number of benzene rings is 2. The van der Waals surface area contributed by atoms with E-state index in [-0.39, 0.29) is 10.8 Å². The van der Waals surface area contributed by atoms with Crippen molar-refractivity contribution in [1.29, 1.82) is 0 Å². The molecular weight excluding hydrogens is 362 g/mol. The molecule has 0 atom stereocenters. The average Bonchev–Trinajstić information content (AvgIpc) is 2.66. The van der Waals surface area contributed by atoms with E-state index < -0.39 is 10.0 Å². The molecule has 0 saturated carbocycles. The molecule has 0 spiro atoms. The summed E-state index contributed by atoms with van der Waals surface area (Å²) in [6.07, 6.45) is 1.20. The third-order valence-corrected chi connectivity index (χ3v) is 5.24. The number of nitrogens with one attached hydrogen (secondary N) is 1. The third kappa shape index (κ3) is 7.13. The zero-order valence-corrected chi connectivity index (χ0v) is 16.4. The first kappa shape index (κ1) is 21.1. The fraction of sp³-hybridized carbons (Fsp3) is 0.350. The zero-order valence-electron chi connectivity index (χ0n) is 15.6. The van der Waals surface area contributed by atoms with E-state index in [1.54, 1.807) is 12.1 Å². The summed E-state index contributed by atoms with van der Waals surface area (Å²) in [6, 6.07) is 16.5. The Morgan fingerprint density at radius 3 is 2.26 bits per heavy atom. The molecule has 0 heterocycles. The van der Waals surface area contributed by atoms with Crippen molar-refractivity contribution in [3.8, 4) is 0 Å². The van der Waals surface area contributed by atoms with Crippen LogP contribution >= 0.6 is 0 Å². The summed E-state index contributed by atoms with van der Waals surface area (Å²) in [5, 5.41) is 8.35. The Labute approximate surface area is 161 Å². The summed E-state index contributed by atoms with van der Waals surface area (Å²) in [5.74, 6) is 0.131. The molecular formula is C20H27N3O3S. The van der Waals surface area contributed by atoms with Crippen LogP contribution in [0.3, 0.4) is 0 Å². The minimum atomic E-state index is -3.65. The Bertz CT molecular complexity index is 821. The molecule has 27 heavy (non-hydrogen) atoms. The molecule has 0 aliphatic heterocycles. The second kappa shape index (κ2) is 10.2. The van der Waals surface area contributed by atoms with Gasteiger partial charge < -0.3 is 10.2 Å². The number of carbonyl (C=O) groups is 1. The van der Waals surface area contributed by atoms with Crippen LogP contribution in [-0.4, -0.2) is 38.9 Å². The van der Waals surface area contributed by atoms with Gasteiger partial charge in [0.05, 0.1) is 4.90 Å². The molecule has 2 aromatic carbocycles. The predicted octanol–water partition coefficient (Wildman–Crippen LogP) is 1.90. The Morgan fingerprint density at radius 2 is 1.67 bits per heavy atom. The van der Waals surface area contributed by atoms with Crippen molar-refractivity contribution in [2.24, 2.45) is 5.14 Å². The van der Waals surface area contributed by atoms with Crippen molar-refractivity contribution in [3.05, 3.63) is 65.7 Å². The molecule has 0 bridgehead atoms. The van der Waals surface area contributed by atoms with Crippen LogP contribution in [-0.2, 0) is 27.8 Å². The first-order valence-electron chi connectivity index (χ1n) is 9.04. The first-order chi connectivity index (χ1) is 12.9. The van der Waals surface area contributed by atoms with Gasteiger partial charge in [0.2, 0.25) is 15.9 Å². The molecule has 0 fully saturated rings. The number of nitrogens with two attached hydrogens (primary N) is 1. The number of nitrogens with zero attached hydrogens (tertiary/aromatic N) is 1. The van der Waals surface area contributed by atoms with Gasteiger partial charge in [-0.25, -0.2) is 13.6 Å². The van der Waals surface area contributed by atoms with Gasteiger partial charge in [0, 0.05) is 26.1 Å². The lowest BCUT2D eigenvalue weighted by Crippen LogP contribution is -2.33. The Morgan fingerprint density at radius 1 is 1.00 bits per heavy atom. The SMILES string of the molecule is CCN(Cc1ccccc1)C(=O)CCNCCc1ccc(S(N)(=O)=O)cc1. The van der Waals surface area contributed by atoms with Gasteiger partial charge in [0.25, 0.3) is 0 Å². The van der Waals surface area contributed by atoms with E-state index in [0.29, 0.717) is 32.6 Å². The van der Waals surface area contributed by atoms with E-state index in [9.17, 15) is 13.2 Å². The third-order valence-electron chi connectivity index (χ3n) is 4.31. The van der Waals surface area contributed by atoms with Crippen LogP contribution in [0.5, 0.6) is 0 Å². The highest BCUT2D eigenvalue weighted by Gasteiger charge is 2.11. The van der Waals surface area contributed by atoms with Crippen LogP contribution < -0.4 is 10.5 Å². The molecule has 3 N–H and O–H groups in total. The fourth-order valence-corrected chi connectivity index (χ4v) is 3.25. The Hall–Kier alpha value is -2.22. The molecule has 6 nitrogen and oxygen atoms in total. The van der Waals surface area contributed by atoms with Crippen LogP contribution in [0.15, 0.2) is 59.5 Å². The molecule has 0 unspecified atom stereocenters. The minimum absolute atomic E-state index is 0.114. The van der Waals surface area contributed by atoms with Crippen LogP contribution in [0, 0.1) is 0 Å². The summed E-state index contributed by atoms with van der Waals surface area (Å²) in [5.41, 5.74) is 2.14. The van der Waals surface area contributed by atoms with E-state index in [1.165, 1.54) is 12.1 Å². The number of carbonyl (C=O) groups excluding carboxylic acids is 1. The normalized spacial score (nSPS) is 11.3. The summed E-state index contributed by atoms with van der Waals surface area (Å²) < 4.78 is 22.5. The average molecular weight is 390 g/mol. The van der Waals surface area contributed by atoms with Gasteiger partial charge in [-0.05, 0) is 43.1 Å². The topological polar surface area (TPSA) is 92.5 Å². The molecule has 0 aromatic heterocycles. The van der Waals surface area contributed by atoms with Crippen molar-refractivity contribution < 1.29 is 13.2 Å². The summed E-state index contributed by atoms with van der Waals surface area (Å²) in [7, 11) is -3.65. The molecule has 0 radical (unpaired) electrons. The van der Waals surface area contributed by atoms with Crippen LogP contribution in [0.4, 0.5) is 0 Å². The molecule has 7 heteroatoms. The molecule has 0 aliphatic rings. The molecule has 0 saturated heterocycles. The maximum Gasteiger partial charge on any atom is 0.238 e. The molecule has 2 aromatic rings.